The lowest BCUT2D eigenvalue weighted by atomic mass is 9.84. The van der Waals surface area contributed by atoms with Crippen molar-refractivity contribution in [3.63, 3.8) is 0 Å². The lowest BCUT2D eigenvalue weighted by Crippen LogP contribution is -2.70. The molecule has 3 rings (SSSR count). The van der Waals surface area contributed by atoms with Crippen LogP contribution < -0.4 is 0 Å². The molecule has 3 fully saturated rings. The Bertz CT molecular complexity index is 2530. The molecule has 0 bridgehead atoms. The minimum Gasteiger partial charge on any atom is -0.463 e. The molecule has 0 aromatic rings. The third kappa shape index (κ3) is 51.6. The molecule has 0 radical (unpaired) electrons. The number of allylic oxidation sites excluding steroid dienone is 2. The molecule has 700 valence electrons. The molecule has 1 aliphatic carbocycles. The van der Waals surface area contributed by atoms with Crippen molar-refractivity contribution in [1.29, 1.82) is 0 Å². The molecular weight excluding hydrogens is 1550 g/mol. The molecule has 0 amide bonds. The first-order valence-corrected chi connectivity index (χ1v) is 49.8. The number of carbonyl (C=O) groups is 4. The van der Waals surface area contributed by atoms with Crippen LogP contribution in [-0.2, 0) is 70.7 Å². The van der Waals surface area contributed by atoms with Crippen LogP contribution in [0, 0.1) is 5.92 Å². The summed E-state index contributed by atoms with van der Waals surface area (Å²) in [6.45, 7) is 7.91. The molecule has 10 N–H and O–H groups in total. The number of phosphoric acid groups is 1. The van der Waals surface area contributed by atoms with Gasteiger partial charge in [-0.25, -0.2) is 4.57 Å². The Hall–Kier alpha value is -2.79. The van der Waals surface area contributed by atoms with Gasteiger partial charge in [0.15, 0.2) is 24.8 Å². The number of aliphatic hydroxyl groups excluding tert-OH is 9. The van der Waals surface area contributed by atoms with Crippen LogP contribution in [0.1, 0.15) is 420 Å². The maximum atomic E-state index is 14.9. The summed E-state index contributed by atoms with van der Waals surface area (Å²) in [5, 5.41) is 102. The number of aliphatic hydroxyl groups is 9. The normalized spacial score (nSPS) is 25.1. The van der Waals surface area contributed by atoms with Gasteiger partial charge in [-0.2, -0.15) is 0 Å². The second kappa shape index (κ2) is 71.3. The standard InChI is InChI=1S/C93H173O25P/c1-6-10-14-18-22-25-28-31-33-35-37-40-42-45-52-58-64-76(95)109-69-73(112-78(97)66-60-54-47-44-41-38-34-32-29-26-23-19-15-11-7-2)70-111-119(107,108)118-91-89(116-92-86(105)82(101)80(99)74(68-94)113-92)85(104)84(103)88(115-79(98)67-61-55-49-48-51-57-63-72(5)62-56-50-21-17-13-9-4)90(91)117-93-87(106)83(102)81(100)75(114-93)71-110-77(96)65-59-53-46-43-39-36-30-27-24-20-16-12-8-3/h36,39,72-75,80-94,99-106H,6-35,37-38,40-71H2,1-5H3,(H,107,108)/b39-36-. The van der Waals surface area contributed by atoms with Crippen LogP contribution in [0.5, 0.6) is 0 Å². The Morgan fingerprint density at radius 3 is 1.09 bits per heavy atom. The Balaban J connectivity index is 1.92. The number of esters is 4. The van der Waals surface area contributed by atoms with E-state index in [4.69, 9.17) is 46.9 Å². The van der Waals surface area contributed by atoms with Crippen molar-refractivity contribution >= 4 is 31.7 Å². The van der Waals surface area contributed by atoms with Gasteiger partial charge in [-0.15, -0.1) is 0 Å². The highest BCUT2D eigenvalue weighted by atomic mass is 31.2. The third-order valence-corrected chi connectivity index (χ3v) is 24.9. The zero-order chi connectivity index (χ0) is 86.9. The van der Waals surface area contributed by atoms with Gasteiger partial charge < -0.3 is 88.7 Å². The Labute approximate surface area is 718 Å². The van der Waals surface area contributed by atoms with Crippen molar-refractivity contribution in [1.82, 2.24) is 0 Å². The van der Waals surface area contributed by atoms with Gasteiger partial charge in [0, 0.05) is 25.7 Å². The summed E-state index contributed by atoms with van der Waals surface area (Å²) in [5.41, 5.74) is 0. The summed E-state index contributed by atoms with van der Waals surface area (Å²) < 4.78 is 73.6. The first kappa shape index (κ1) is 110. The lowest BCUT2D eigenvalue weighted by molar-refractivity contribution is -0.360. The monoisotopic (exact) mass is 1720 g/mol. The number of carbonyl (C=O) groups excluding carboxylic acids is 4. The average Bonchev–Trinajstić information content (AvgIpc) is 0.753. The third-order valence-electron chi connectivity index (χ3n) is 23.9. The van der Waals surface area contributed by atoms with E-state index in [-0.39, 0.29) is 25.7 Å². The Kier molecular flexibility index (Phi) is 66.1. The van der Waals surface area contributed by atoms with E-state index < -0.39 is 162 Å². The van der Waals surface area contributed by atoms with Gasteiger partial charge >= 0.3 is 31.7 Å². The predicted octanol–water partition coefficient (Wildman–Crippen LogP) is 18.2. The van der Waals surface area contributed by atoms with Crippen LogP contribution in [-0.4, -0.2) is 205 Å². The highest BCUT2D eigenvalue weighted by molar-refractivity contribution is 7.47. The van der Waals surface area contributed by atoms with Crippen LogP contribution in [0.15, 0.2) is 12.2 Å². The molecule has 25 nitrogen and oxygen atoms in total. The van der Waals surface area contributed by atoms with E-state index in [0.29, 0.717) is 44.4 Å². The molecule has 19 atom stereocenters. The van der Waals surface area contributed by atoms with E-state index in [1.165, 1.54) is 199 Å². The van der Waals surface area contributed by atoms with Gasteiger partial charge in [-0.1, -0.05) is 355 Å². The summed E-state index contributed by atoms with van der Waals surface area (Å²) >= 11 is 0. The number of phosphoric ester groups is 1. The first-order chi connectivity index (χ1) is 57.6. The lowest BCUT2D eigenvalue weighted by Gasteiger charge is -2.50. The SMILES string of the molecule is CCCCCCCC/C=C\CCCCCC(=O)OCC1OC(OC2C(OC(=O)CCCCCCCCC(C)CCCCCCCC)C(O)C(O)C(OC3OC(CO)C(O)C(O)C3O)C2OP(=O)(O)OCC(COC(=O)CCCCCCCCCCCCCCCCCC)OC(=O)CCCCCCCCCCCCCCCCC)C(O)C(O)C1O. The van der Waals surface area contributed by atoms with Gasteiger partial charge in [-0.05, 0) is 57.3 Å². The largest absolute Gasteiger partial charge is 0.472 e. The molecule has 2 saturated heterocycles. The Morgan fingerprint density at radius 1 is 0.353 bits per heavy atom. The molecule has 0 aromatic carbocycles. The molecule has 3 aliphatic rings. The summed E-state index contributed by atoms with van der Waals surface area (Å²) in [6.07, 6.45) is 29.2. The van der Waals surface area contributed by atoms with Gasteiger partial charge in [0.05, 0.1) is 13.2 Å². The van der Waals surface area contributed by atoms with Crippen molar-refractivity contribution in [2.75, 3.05) is 26.4 Å². The number of unbranched alkanes of at least 4 members (excludes halogenated alkanes) is 48. The van der Waals surface area contributed by atoms with E-state index in [2.05, 4.69) is 46.8 Å². The molecule has 26 heteroatoms. The summed E-state index contributed by atoms with van der Waals surface area (Å²) in [6, 6.07) is 0. The molecule has 1 saturated carbocycles. The average molecular weight is 1720 g/mol. The molecular formula is C93H173O25P. The van der Waals surface area contributed by atoms with Crippen LogP contribution in [0.4, 0.5) is 0 Å². The summed E-state index contributed by atoms with van der Waals surface area (Å²) in [7, 11) is -5.81. The topological polar surface area (TPSA) is 380 Å². The van der Waals surface area contributed by atoms with Crippen molar-refractivity contribution < 1.29 is 122 Å². The quantitative estimate of drug-likeness (QED) is 0.00889. The first-order valence-electron chi connectivity index (χ1n) is 48.3. The number of ether oxygens (including phenoxy) is 8. The second-order valence-electron chi connectivity index (χ2n) is 34.9. The minimum atomic E-state index is -5.81. The van der Waals surface area contributed by atoms with Crippen LogP contribution >= 0.6 is 7.82 Å². The maximum absolute atomic E-state index is 14.9. The number of hydrogen-bond acceptors (Lipinski definition) is 24. The van der Waals surface area contributed by atoms with Crippen LogP contribution in [0.2, 0.25) is 0 Å². The maximum Gasteiger partial charge on any atom is 0.472 e. The molecule has 119 heavy (non-hydrogen) atoms. The minimum absolute atomic E-state index is 0.00485. The molecule has 0 aromatic heterocycles. The molecule has 2 heterocycles. The van der Waals surface area contributed by atoms with E-state index in [0.717, 1.165) is 122 Å². The zero-order valence-corrected chi connectivity index (χ0v) is 75.7. The van der Waals surface area contributed by atoms with Gasteiger partial charge in [0.25, 0.3) is 0 Å². The Morgan fingerprint density at radius 2 is 0.681 bits per heavy atom. The van der Waals surface area contributed by atoms with Crippen molar-refractivity contribution in [3.8, 4) is 0 Å². The van der Waals surface area contributed by atoms with Gasteiger partial charge in [-0.3, -0.25) is 28.2 Å². The fraction of sp³-hybridized carbons (Fsp3) is 0.935. The summed E-state index contributed by atoms with van der Waals surface area (Å²) in [5.74, 6) is -2.34. The second-order valence-corrected chi connectivity index (χ2v) is 36.3. The fourth-order valence-electron chi connectivity index (χ4n) is 16.1. The fourth-order valence-corrected chi connectivity index (χ4v) is 17.1. The smallest absolute Gasteiger partial charge is 0.463 e. The van der Waals surface area contributed by atoms with E-state index in [1.807, 2.05) is 0 Å². The summed E-state index contributed by atoms with van der Waals surface area (Å²) in [4.78, 5) is 66.6. The van der Waals surface area contributed by atoms with Gasteiger partial charge in [0.1, 0.15) is 92.6 Å². The highest BCUT2D eigenvalue weighted by Crippen LogP contribution is 2.49. The van der Waals surface area contributed by atoms with E-state index >= 15 is 0 Å². The van der Waals surface area contributed by atoms with Crippen molar-refractivity contribution in [2.45, 2.75) is 524 Å². The van der Waals surface area contributed by atoms with Gasteiger partial charge in [0.2, 0.25) is 0 Å². The van der Waals surface area contributed by atoms with Crippen LogP contribution in [0.25, 0.3) is 0 Å². The predicted molar refractivity (Wildman–Crippen MR) is 463 cm³/mol. The number of hydrogen-bond donors (Lipinski definition) is 10. The molecule has 19 unspecified atom stereocenters. The highest BCUT2D eigenvalue weighted by Gasteiger charge is 2.60. The molecule has 0 spiro atoms. The number of rotatable bonds is 78. The van der Waals surface area contributed by atoms with Crippen molar-refractivity contribution in [2.24, 2.45) is 5.92 Å². The molecule has 2 aliphatic heterocycles. The zero-order valence-electron chi connectivity index (χ0n) is 74.8. The van der Waals surface area contributed by atoms with E-state index in [9.17, 15) is 74.6 Å². The van der Waals surface area contributed by atoms with Crippen molar-refractivity contribution in [3.05, 3.63) is 12.2 Å². The van der Waals surface area contributed by atoms with E-state index in [1.54, 1.807) is 0 Å². The van der Waals surface area contributed by atoms with Crippen LogP contribution in [0.3, 0.4) is 0 Å².